The molecule has 2 saturated carbocycles. The fraction of sp³-hybridized carbons (Fsp3) is 0.788. The fourth-order valence-electron chi connectivity index (χ4n) is 9.96. The zero-order valence-corrected chi connectivity index (χ0v) is 25.9. The zero-order valence-electron chi connectivity index (χ0n) is 25.1. The van der Waals surface area contributed by atoms with Gasteiger partial charge in [0.05, 0.1) is 17.3 Å². The summed E-state index contributed by atoms with van der Waals surface area (Å²) in [6.45, 7) is 2.29. The van der Waals surface area contributed by atoms with Crippen LogP contribution in [0.1, 0.15) is 102 Å². The Labute approximate surface area is 247 Å². The summed E-state index contributed by atoms with van der Waals surface area (Å²) >= 11 is 0. The van der Waals surface area contributed by atoms with Crippen molar-refractivity contribution in [3.63, 3.8) is 0 Å². The second kappa shape index (κ2) is 11.9. The molecule has 2 aromatic rings. The Hall–Kier alpha value is -1.48. The van der Waals surface area contributed by atoms with Crippen LogP contribution in [0.15, 0.2) is 24.3 Å². The minimum atomic E-state index is -3.15. The highest BCUT2D eigenvalue weighted by Gasteiger charge is 2.45. The number of hydrogen-bond acceptors (Lipinski definition) is 5. The van der Waals surface area contributed by atoms with Crippen LogP contribution in [0, 0.1) is 11.8 Å². The van der Waals surface area contributed by atoms with Crippen LogP contribution >= 0.6 is 0 Å². The predicted octanol–water partition coefficient (Wildman–Crippen LogP) is 5.51. The van der Waals surface area contributed by atoms with Gasteiger partial charge in [-0.3, -0.25) is 9.80 Å². The van der Waals surface area contributed by atoms with Crippen molar-refractivity contribution in [2.24, 2.45) is 11.8 Å². The van der Waals surface area contributed by atoms with Gasteiger partial charge in [0.15, 0.2) is 0 Å². The molecule has 2 aliphatic carbocycles. The summed E-state index contributed by atoms with van der Waals surface area (Å²) in [4.78, 5) is 10.8. The highest BCUT2D eigenvalue weighted by atomic mass is 32.2. The van der Waals surface area contributed by atoms with E-state index in [1.807, 2.05) is 0 Å². The largest absolute Gasteiger partial charge is 0.325 e. The molecule has 41 heavy (non-hydrogen) atoms. The maximum atomic E-state index is 11.6. The standard InChI is InChI=1S/C33H51N5O2S/c1-41(39,40)34-15-17-36-16-7-12-26(36)23-33-35-31-13-4-5-14-32(31)38(33)30-21-27-10-6-11-28(22-30)37(27)29-19-24-8-2-3-9-25(18-24)20-29/h4-5,13-14,24-30,34H,2-3,6-12,15-23H2,1H3/t24-,25+,26?,27-,28+,29?,30?. The van der Waals surface area contributed by atoms with Crippen molar-refractivity contribution in [2.45, 2.75) is 127 Å². The van der Waals surface area contributed by atoms with Crippen LogP contribution in [0.25, 0.3) is 11.0 Å². The van der Waals surface area contributed by atoms with E-state index in [0.29, 0.717) is 18.6 Å². The van der Waals surface area contributed by atoms with Crippen LogP contribution in [-0.4, -0.2) is 77.8 Å². The predicted molar refractivity (Wildman–Crippen MR) is 166 cm³/mol. The summed E-state index contributed by atoms with van der Waals surface area (Å²) < 4.78 is 28.6. The Morgan fingerprint density at radius 1 is 0.829 bits per heavy atom. The number of likely N-dealkylation sites (tertiary alicyclic amines) is 1. The lowest BCUT2D eigenvalue weighted by molar-refractivity contribution is -0.0420. The van der Waals surface area contributed by atoms with E-state index in [0.717, 1.165) is 61.4 Å². The first-order chi connectivity index (χ1) is 19.9. The normalized spacial score (nSPS) is 35.1. The van der Waals surface area contributed by atoms with Crippen LogP contribution in [-0.2, 0) is 16.4 Å². The lowest BCUT2D eigenvalue weighted by Gasteiger charge is -2.54. The third kappa shape index (κ3) is 6.13. The van der Waals surface area contributed by atoms with Gasteiger partial charge in [0, 0.05) is 49.7 Å². The van der Waals surface area contributed by atoms with Crippen molar-refractivity contribution in [1.82, 2.24) is 24.1 Å². The Morgan fingerprint density at radius 2 is 1.56 bits per heavy atom. The lowest BCUT2D eigenvalue weighted by Crippen LogP contribution is -2.58. The molecule has 0 spiro atoms. The molecule has 4 heterocycles. The molecule has 226 valence electrons. The Morgan fingerprint density at radius 3 is 2.29 bits per heavy atom. The number of nitrogens with zero attached hydrogens (tertiary/aromatic N) is 4. The molecule has 4 bridgehead atoms. The number of nitrogens with one attached hydrogen (secondary N) is 1. The second-order valence-electron chi connectivity index (χ2n) is 14.3. The first-order valence-corrected chi connectivity index (χ1v) is 18.7. The molecule has 5 aliphatic rings. The summed E-state index contributed by atoms with van der Waals surface area (Å²) in [6, 6.07) is 12.0. The molecule has 3 aliphatic heterocycles. The van der Waals surface area contributed by atoms with Crippen molar-refractivity contribution in [3.05, 3.63) is 30.1 Å². The van der Waals surface area contributed by atoms with Crippen LogP contribution < -0.4 is 4.72 Å². The van der Waals surface area contributed by atoms with Crippen LogP contribution in [0.4, 0.5) is 0 Å². The van der Waals surface area contributed by atoms with E-state index >= 15 is 0 Å². The summed E-state index contributed by atoms with van der Waals surface area (Å²) in [7, 11) is -3.15. The van der Waals surface area contributed by atoms with Gasteiger partial charge in [-0.1, -0.05) is 44.2 Å². The number of fused-ring (bicyclic) bond motifs is 5. The van der Waals surface area contributed by atoms with Crippen LogP contribution in [0.3, 0.4) is 0 Å². The van der Waals surface area contributed by atoms with Gasteiger partial charge in [-0.2, -0.15) is 0 Å². The monoisotopic (exact) mass is 581 g/mol. The van der Waals surface area contributed by atoms with E-state index in [1.165, 1.54) is 101 Å². The molecule has 1 N–H and O–H groups in total. The van der Waals surface area contributed by atoms with Crippen LogP contribution in [0.2, 0.25) is 0 Å². The number of aromatic nitrogens is 2. The van der Waals surface area contributed by atoms with Crippen molar-refractivity contribution >= 4 is 21.1 Å². The van der Waals surface area contributed by atoms with Gasteiger partial charge in [0.25, 0.3) is 0 Å². The lowest BCUT2D eigenvalue weighted by atomic mass is 9.73. The van der Waals surface area contributed by atoms with Crippen molar-refractivity contribution in [3.8, 4) is 0 Å². The number of rotatable bonds is 8. The number of benzene rings is 1. The van der Waals surface area contributed by atoms with Crippen LogP contribution in [0.5, 0.6) is 0 Å². The Balaban J connectivity index is 1.11. The molecular formula is C33H51N5O2S. The third-order valence-corrected chi connectivity index (χ3v) is 12.2. The smallest absolute Gasteiger partial charge is 0.208 e. The second-order valence-corrected chi connectivity index (χ2v) is 16.1. The Kier molecular flexibility index (Phi) is 8.21. The molecule has 1 aromatic heterocycles. The van der Waals surface area contributed by atoms with Gasteiger partial charge >= 0.3 is 0 Å². The summed E-state index contributed by atoms with van der Waals surface area (Å²) in [5.74, 6) is 3.20. The van der Waals surface area contributed by atoms with E-state index in [9.17, 15) is 8.42 Å². The number of para-hydroxylation sites is 2. The number of sulfonamides is 1. The highest BCUT2D eigenvalue weighted by Crippen LogP contribution is 2.47. The third-order valence-electron chi connectivity index (χ3n) is 11.5. The fourth-order valence-corrected chi connectivity index (χ4v) is 10.4. The molecule has 7 rings (SSSR count). The van der Waals surface area contributed by atoms with E-state index in [1.54, 1.807) is 0 Å². The highest BCUT2D eigenvalue weighted by molar-refractivity contribution is 7.88. The maximum absolute atomic E-state index is 11.6. The van der Waals surface area contributed by atoms with E-state index in [4.69, 9.17) is 4.98 Å². The first kappa shape index (κ1) is 28.3. The van der Waals surface area contributed by atoms with Gasteiger partial charge in [0.2, 0.25) is 10.0 Å². The maximum Gasteiger partial charge on any atom is 0.208 e. The van der Waals surface area contributed by atoms with E-state index in [-0.39, 0.29) is 0 Å². The van der Waals surface area contributed by atoms with Gasteiger partial charge in [0.1, 0.15) is 5.82 Å². The molecule has 0 radical (unpaired) electrons. The first-order valence-electron chi connectivity index (χ1n) is 16.8. The molecule has 3 saturated heterocycles. The van der Waals surface area contributed by atoms with Gasteiger partial charge < -0.3 is 4.57 Å². The summed E-state index contributed by atoms with van der Waals surface area (Å²) in [6.07, 6.45) is 21.5. The van der Waals surface area contributed by atoms with E-state index < -0.39 is 10.0 Å². The summed E-state index contributed by atoms with van der Waals surface area (Å²) in [5.41, 5.74) is 2.45. The van der Waals surface area contributed by atoms with Gasteiger partial charge in [-0.25, -0.2) is 18.1 Å². The molecule has 7 atom stereocenters. The van der Waals surface area contributed by atoms with Crippen molar-refractivity contribution in [2.75, 3.05) is 25.9 Å². The average molecular weight is 582 g/mol. The van der Waals surface area contributed by atoms with Crippen molar-refractivity contribution in [1.29, 1.82) is 0 Å². The zero-order chi connectivity index (χ0) is 28.0. The van der Waals surface area contributed by atoms with Gasteiger partial charge in [-0.15, -0.1) is 0 Å². The molecular weight excluding hydrogens is 530 g/mol. The molecule has 7 nitrogen and oxygen atoms in total. The minimum Gasteiger partial charge on any atom is -0.325 e. The number of imidazole rings is 1. The summed E-state index contributed by atoms with van der Waals surface area (Å²) in [5, 5.41) is 0. The average Bonchev–Trinajstić information content (AvgIpc) is 3.48. The quantitative estimate of drug-likeness (QED) is 0.445. The molecule has 0 amide bonds. The minimum absolute atomic E-state index is 0.428. The molecule has 8 heteroatoms. The van der Waals surface area contributed by atoms with Crippen molar-refractivity contribution < 1.29 is 8.42 Å². The Bertz CT molecular complexity index is 1280. The molecule has 1 aromatic carbocycles. The number of piperidine rings is 2. The number of hydrogen-bond donors (Lipinski definition) is 1. The molecule has 3 unspecified atom stereocenters. The van der Waals surface area contributed by atoms with Gasteiger partial charge in [-0.05, 0) is 88.3 Å². The molecule has 5 fully saturated rings. The topological polar surface area (TPSA) is 70.5 Å². The van der Waals surface area contributed by atoms with E-state index in [2.05, 4.69) is 43.4 Å². The SMILES string of the molecule is CS(=O)(=O)NCCN1CCCC1Cc1nc2ccccc2n1C1C[C@H]2CCC[C@@H](C1)N2C1C[C@H]2CCCC[C@@H](C1)C2.